The Kier molecular flexibility index (Phi) is 9.26. The third-order valence-corrected chi connectivity index (χ3v) is 14.7. The predicted octanol–water partition coefficient (Wildman–Crippen LogP) is 6.80. The van der Waals surface area contributed by atoms with Crippen molar-refractivity contribution in [3.63, 3.8) is 0 Å². The van der Waals surface area contributed by atoms with Crippen LogP contribution in [0.4, 0.5) is 9.59 Å². The van der Waals surface area contributed by atoms with E-state index in [0.29, 0.717) is 36.0 Å². The first-order valence-electron chi connectivity index (χ1n) is 21.5. The van der Waals surface area contributed by atoms with Crippen molar-refractivity contribution in [3.8, 4) is 22.3 Å². The van der Waals surface area contributed by atoms with Crippen molar-refractivity contribution in [1.82, 2.24) is 50.3 Å². The number of imidazole rings is 2. The first-order valence-corrected chi connectivity index (χ1v) is 21.5. The molecule has 4 aromatic heterocycles. The van der Waals surface area contributed by atoms with E-state index in [1.54, 1.807) is 0 Å². The Morgan fingerprint density at radius 2 is 1.02 bits per heavy atom. The van der Waals surface area contributed by atoms with E-state index in [4.69, 9.17) is 29.4 Å². The number of benzene rings is 2. The second kappa shape index (κ2) is 14.5. The highest BCUT2D eigenvalue weighted by atomic mass is 16.5. The van der Waals surface area contributed by atoms with Gasteiger partial charge in [-0.3, -0.25) is 9.59 Å². The van der Waals surface area contributed by atoms with Crippen molar-refractivity contribution >= 4 is 57.1 Å². The molecular weight excluding hydrogens is 789 g/mol. The van der Waals surface area contributed by atoms with Crippen molar-refractivity contribution in [1.29, 1.82) is 0 Å². The zero-order valence-corrected chi connectivity index (χ0v) is 35.6. The van der Waals surface area contributed by atoms with Gasteiger partial charge in [0.2, 0.25) is 11.8 Å². The molecule has 6 aromatic rings. The maximum atomic E-state index is 14.0. The summed E-state index contributed by atoms with van der Waals surface area (Å²) < 4.78 is 9.73. The van der Waals surface area contributed by atoms with Gasteiger partial charge in [-0.2, -0.15) is 0 Å². The van der Waals surface area contributed by atoms with E-state index in [2.05, 4.69) is 57.0 Å². The molecular formula is C46H50N10O6. The minimum absolute atomic E-state index is 0.00981. The molecule has 2 aromatic carbocycles. The molecule has 6 atom stereocenters. The highest BCUT2D eigenvalue weighted by molar-refractivity contribution is 5.96. The maximum absolute atomic E-state index is 14.0. The SMILES string of the molecule is COC(=O)NC1(C(=O)N2CCC[C@H]2c2nc3ncc(-c4ccc5cc(-c6cnc7nc([C@@H]8CCCN8C(=O)C8(NC(=O)OC)C(C)C8C)[nH]c7c6)ccc5c4)cc3[nH]2)C(C)C1C. The lowest BCUT2D eigenvalue weighted by atomic mass is 9.99. The molecule has 2 aliphatic heterocycles. The first kappa shape index (κ1) is 39.5. The molecule has 2 saturated heterocycles. The van der Waals surface area contributed by atoms with Crippen LogP contribution in [0, 0.1) is 23.7 Å². The monoisotopic (exact) mass is 838 g/mol. The molecule has 4 amide bonds. The number of hydrogen-bond acceptors (Lipinski definition) is 10. The Bertz CT molecular complexity index is 2610. The Labute approximate surface area is 357 Å². The van der Waals surface area contributed by atoms with Gasteiger partial charge in [-0.15, -0.1) is 0 Å². The van der Waals surface area contributed by atoms with Gasteiger partial charge in [-0.25, -0.2) is 29.5 Å². The maximum Gasteiger partial charge on any atom is 0.407 e. The van der Waals surface area contributed by atoms with Crippen LogP contribution in [0.3, 0.4) is 0 Å². The van der Waals surface area contributed by atoms with Crippen LogP contribution in [0.1, 0.15) is 77.1 Å². The van der Waals surface area contributed by atoms with Gasteiger partial charge in [0.05, 0.1) is 37.3 Å². The summed E-state index contributed by atoms with van der Waals surface area (Å²) in [4.78, 5) is 82.2. The van der Waals surface area contributed by atoms with E-state index >= 15 is 0 Å². The number of fused-ring (bicyclic) bond motifs is 3. The van der Waals surface area contributed by atoms with Gasteiger partial charge < -0.3 is 39.9 Å². The number of likely N-dealkylation sites (tertiary alicyclic amines) is 2. The molecule has 16 nitrogen and oxygen atoms in total. The molecule has 4 fully saturated rings. The summed E-state index contributed by atoms with van der Waals surface area (Å²) in [6, 6.07) is 16.3. The summed E-state index contributed by atoms with van der Waals surface area (Å²) in [5.41, 5.74) is 4.65. The lowest BCUT2D eigenvalue weighted by Crippen LogP contribution is -2.52. The lowest BCUT2D eigenvalue weighted by molar-refractivity contribution is -0.137. The molecule has 4 N–H and O–H groups in total. The number of carbonyl (C=O) groups excluding carboxylic acids is 4. The molecule has 0 radical (unpaired) electrons. The normalized spacial score (nSPS) is 27.8. The number of aromatic amines is 2. The molecule has 4 unspecified atom stereocenters. The highest BCUT2D eigenvalue weighted by Crippen LogP contribution is 2.54. The summed E-state index contributed by atoms with van der Waals surface area (Å²) in [5.74, 6) is 1.13. The number of rotatable bonds is 8. The Morgan fingerprint density at radius 3 is 1.39 bits per heavy atom. The van der Waals surface area contributed by atoms with Gasteiger partial charge in [0.15, 0.2) is 11.3 Å². The smallest absolute Gasteiger partial charge is 0.407 e. The summed E-state index contributed by atoms with van der Waals surface area (Å²) in [6.45, 7) is 9.08. The number of alkyl carbamates (subject to hydrolysis) is 2. The van der Waals surface area contributed by atoms with Crippen LogP contribution in [-0.4, -0.2) is 102 Å². The summed E-state index contributed by atoms with van der Waals surface area (Å²) in [5, 5.41) is 7.83. The van der Waals surface area contributed by atoms with Crippen molar-refractivity contribution in [2.75, 3.05) is 27.3 Å². The van der Waals surface area contributed by atoms with Crippen LogP contribution in [-0.2, 0) is 19.1 Å². The summed E-state index contributed by atoms with van der Waals surface area (Å²) in [6.07, 6.45) is 5.63. The quantitative estimate of drug-likeness (QED) is 0.126. The third-order valence-electron chi connectivity index (χ3n) is 14.7. The van der Waals surface area contributed by atoms with Crippen molar-refractivity contribution in [3.05, 3.63) is 72.6 Å². The van der Waals surface area contributed by atoms with Crippen LogP contribution in [0.2, 0.25) is 0 Å². The van der Waals surface area contributed by atoms with Gasteiger partial charge in [0.1, 0.15) is 22.7 Å². The standard InChI is InChI=1S/C46H50N10O6/c1-23-24(2)45(23,53-43(59)61-5)41(57)55-15-7-9-35(55)39-49-33-19-31(21-47-37(33)51-39)29-13-11-28-18-30(14-12-27(28)17-29)32-20-34-38(48-22-32)52-40(50-34)36-10-8-16-56(36)42(58)46(25(3)26(46)4)54-44(60)62-6/h11-14,17-26,35-36H,7-10,15-16H2,1-6H3,(H,53,59)(H,54,60)(H,47,49,51)(H,48,50,52)/t23?,24?,25?,26?,35-,36-,45?,46?/m0/s1. The minimum atomic E-state index is -0.980. The Hall–Kier alpha value is -6.58. The Balaban J connectivity index is 0.863. The molecule has 16 heteroatoms. The average molecular weight is 839 g/mol. The van der Waals surface area contributed by atoms with Gasteiger partial charge in [-0.05, 0) is 95.5 Å². The molecule has 10 rings (SSSR count). The second-order valence-electron chi connectivity index (χ2n) is 17.7. The fraction of sp³-hybridized carbons (Fsp3) is 0.435. The van der Waals surface area contributed by atoms with Gasteiger partial charge in [0, 0.05) is 36.6 Å². The number of carbonyl (C=O) groups is 4. The number of hydrogen-bond donors (Lipinski definition) is 4. The largest absolute Gasteiger partial charge is 0.453 e. The van der Waals surface area contributed by atoms with Crippen molar-refractivity contribution in [2.24, 2.45) is 23.7 Å². The number of amides is 4. The van der Waals surface area contributed by atoms with Gasteiger partial charge in [0.25, 0.3) is 0 Å². The molecule has 6 heterocycles. The highest BCUT2D eigenvalue weighted by Gasteiger charge is 2.68. The van der Waals surface area contributed by atoms with E-state index in [-0.39, 0.29) is 47.6 Å². The zero-order chi connectivity index (χ0) is 43.2. The van der Waals surface area contributed by atoms with Crippen LogP contribution < -0.4 is 10.6 Å². The van der Waals surface area contributed by atoms with Gasteiger partial charge >= 0.3 is 12.2 Å². The number of nitrogens with one attached hydrogen (secondary N) is 4. The third kappa shape index (κ3) is 6.08. The zero-order valence-electron chi connectivity index (χ0n) is 35.6. The van der Waals surface area contributed by atoms with Gasteiger partial charge in [-0.1, -0.05) is 52.0 Å². The van der Waals surface area contributed by atoms with Crippen molar-refractivity contribution < 1.29 is 28.7 Å². The van der Waals surface area contributed by atoms with E-state index in [1.165, 1.54) is 14.2 Å². The molecule has 0 bridgehead atoms. The molecule has 320 valence electrons. The number of H-pyrrole nitrogens is 2. The van der Waals surface area contributed by atoms with Crippen LogP contribution in [0.25, 0.3) is 55.4 Å². The van der Waals surface area contributed by atoms with E-state index in [9.17, 15) is 19.2 Å². The summed E-state index contributed by atoms with van der Waals surface area (Å²) >= 11 is 0. The first-order chi connectivity index (χ1) is 29.9. The second-order valence-corrected chi connectivity index (χ2v) is 17.7. The predicted molar refractivity (Wildman–Crippen MR) is 230 cm³/mol. The average Bonchev–Trinajstić information content (AvgIpc) is 3.86. The number of aromatic nitrogens is 6. The molecule has 0 spiro atoms. The topological polar surface area (TPSA) is 200 Å². The van der Waals surface area contributed by atoms with Crippen LogP contribution in [0.5, 0.6) is 0 Å². The van der Waals surface area contributed by atoms with Crippen LogP contribution >= 0.6 is 0 Å². The Morgan fingerprint density at radius 1 is 0.613 bits per heavy atom. The molecule has 2 saturated carbocycles. The number of ether oxygens (including phenoxy) is 2. The van der Waals surface area contributed by atoms with Crippen LogP contribution in [0.15, 0.2) is 60.9 Å². The number of pyridine rings is 2. The molecule has 2 aliphatic carbocycles. The fourth-order valence-electron chi connectivity index (χ4n) is 10.5. The number of methoxy groups -OCH3 is 2. The number of nitrogens with zero attached hydrogens (tertiary/aromatic N) is 6. The van der Waals surface area contributed by atoms with E-state index in [1.807, 2.05) is 62.0 Å². The molecule has 4 aliphatic rings. The summed E-state index contributed by atoms with van der Waals surface area (Å²) in [7, 11) is 2.62. The lowest BCUT2D eigenvalue weighted by Gasteiger charge is -2.29. The van der Waals surface area contributed by atoms with E-state index < -0.39 is 23.3 Å². The fourth-order valence-corrected chi connectivity index (χ4v) is 10.5. The molecule has 62 heavy (non-hydrogen) atoms. The van der Waals surface area contributed by atoms with E-state index in [0.717, 1.165) is 69.7 Å². The minimum Gasteiger partial charge on any atom is -0.453 e. The van der Waals surface area contributed by atoms with Crippen molar-refractivity contribution in [2.45, 2.75) is 76.5 Å².